The van der Waals surface area contributed by atoms with Crippen molar-refractivity contribution in [1.82, 2.24) is 20.1 Å². The molecule has 0 aromatic rings. The molecule has 140 valence electrons. The van der Waals surface area contributed by atoms with E-state index >= 15 is 0 Å². The highest BCUT2D eigenvalue weighted by atomic mass is 16.5. The van der Waals surface area contributed by atoms with Crippen LogP contribution in [0.5, 0.6) is 0 Å². The van der Waals surface area contributed by atoms with Crippen molar-refractivity contribution >= 4 is 23.4 Å². The van der Waals surface area contributed by atoms with Crippen LogP contribution in [0.3, 0.4) is 0 Å². The van der Waals surface area contributed by atoms with Gasteiger partial charge in [-0.2, -0.15) is 5.10 Å². The lowest BCUT2D eigenvalue weighted by Crippen LogP contribution is -2.53. The van der Waals surface area contributed by atoms with E-state index in [0.29, 0.717) is 64.4 Å². The molecule has 0 atom stereocenters. The molecule has 0 radical (unpaired) electrons. The highest BCUT2D eigenvalue weighted by Crippen LogP contribution is 2.11. The van der Waals surface area contributed by atoms with Gasteiger partial charge in [-0.05, 0) is 6.42 Å². The van der Waals surface area contributed by atoms with Crippen molar-refractivity contribution in [1.29, 1.82) is 0 Å². The molecule has 9 nitrogen and oxygen atoms in total. The van der Waals surface area contributed by atoms with Crippen molar-refractivity contribution in [3.8, 4) is 0 Å². The number of methoxy groups -OCH3 is 1. The van der Waals surface area contributed by atoms with Crippen molar-refractivity contribution in [2.24, 2.45) is 5.10 Å². The minimum atomic E-state index is -0.108. The Morgan fingerprint density at radius 3 is 2.56 bits per heavy atom. The number of nitrogens with one attached hydrogen (secondary N) is 1. The first-order valence-electron chi connectivity index (χ1n) is 8.62. The van der Waals surface area contributed by atoms with Crippen LogP contribution in [0.25, 0.3) is 0 Å². The molecule has 1 N–H and O–H groups in total. The van der Waals surface area contributed by atoms with Crippen LogP contribution >= 0.6 is 0 Å². The lowest BCUT2D eigenvalue weighted by molar-refractivity contribution is -0.131. The van der Waals surface area contributed by atoms with E-state index in [1.165, 1.54) is 5.01 Å². The molecule has 0 unspecified atom stereocenters. The summed E-state index contributed by atoms with van der Waals surface area (Å²) in [5.74, 6) is -0.187. The van der Waals surface area contributed by atoms with Gasteiger partial charge in [0.05, 0.1) is 6.54 Å². The Hall–Kier alpha value is -2.00. The van der Waals surface area contributed by atoms with Crippen LogP contribution < -0.4 is 5.32 Å². The maximum atomic E-state index is 12.5. The average Bonchev–Trinajstić information content (AvgIpc) is 2.61. The normalized spacial score (nSPS) is 19.0. The predicted octanol–water partition coefficient (Wildman–Crippen LogP) is -1.11. The molecule has 0 aromatic heterocycles. The van der Waals surface area contributed by atoms with Gasteiger partial charge in [-0.3, -0.25) is 19.3 Å². The summed E-state index contributed by atoms with van der Waals surface area (Å²) >= 11 is 0. The Kier molecular flexibility index (Phi) is 7.32. The van der Waals surface area contributed by atoms with Crippen LogP contribution in [0.2, 0.25) is 0 Å². The fourth-order valence-corrected chi connectivity index (χ4v) is 2.82. The number of hydrazone groups is 1. The average molecular weight is 353 g/mol. The number of piperazine rings is 1. The SMILES string of the molecule is COCCCNC(=O)CN1CCN(C(=O)C2=NN(C)C(=O)CC2)CC1. The minimum absolute atomic E-state index is 0.00678. The van der Waals surface area contributed by atoms with Gasteiger partial charge in [0, 0.05) is 66.3 Å². The molecule has 0 saturated carbocycles. The molecule has 25 heavy (non-hydrogen) atoms. The molecule has 2 aliphatic rings. The second-order valence-corrected chi connectivity index (χ2v) is 6.23. The number of rotatable bonds is 7. The third-order valence-electron chi connectivity index (χ3n) is 4.33. The van der Waals surface area contributed by atoms with Crippen molar-refractivity contribution < 1.29 is 19.1 Å². The van der Waals surface area contributed by atoms with E-state index in [1.807, 2.05) is 4.90 Å². The van der Waals surface area contributed by atoms with Crippen molar-refractivity contribution in [2.45, 2.75) is 19.3 Å². The van der Waals surface area contributed by atoms with Gasteiger partial charge in [-0.15, -0.1) is 0 Å². The van der Waals surface area contributed by atoms with Crippen LogP contribution in [0.1, 0.15) is 19.3 Å². The zero-order chi connectivity index (χ0) is 18.2. The zero-order valence-electron chi connectivity index (χ0n) is 15.0. The van der Waals surface area contributed by atoms with E-state index in [2.05, 4.69) is 10.4 Å². The van der Waals surface area contributed by atoms with Crippen molar-refractivity contribution in [3.05, 3.63) is 0 Å². The first kappa shape index (κ1) is 19.3. The molecule has 3 amide bonds. The number of nitrogens with zero attached hydrogens (tertiary/aromatic N) is 4. The Bertz CT molecular complexity index is 529. The predicted molar refractivity (Wildman–Crippen MR) is 92.0 cm³/mol. The third kappa shape index (κ3) is 5.79. The molecule has 1 saturated heterocycles. The van der Waals surface area contributed by atoms with Gasteiger partial charge in [0.25, 0.3) is 5.91 Å². The highest BCUT2D eigenvalue weighted by Gasteiger charge is 2.28. The van der Waals surface area contributed by atoms with Gasteiger partial charge in [0.2, 0.25) is 11.8 Å². The van der Waals surface area contributed by atoms with E-state index in [1.54, 1.807) is 19.1 Å². The standard InChI is InChI=1S/C16H27N5O4/c1-19-15(23)5-4-13(18-19)16(24)21-9-7-20(8-10-21)12-14(22)17-6-3-11-25-2/h3-12H2,1-2H3,(H,17,22). The van der Waals surface area contributed by atoms with Gasteiger partial charge in [-0.25, -0.2) is 5.01 Å². The first-order valence-corrected chi connectivity index (χ1v) is 8.62. The van der Waals surface area contributed by atoms with Crippen LogP contribution in [0.4, 0.5) is 0 Å². The summed E-state index contributed by atoms with van der Waals surface area (Å²) in [5.41, 5.74) is 0.437. The van der Waals surface area contributed by atoms with Crippen LogP contribution in [0, 0.1) is 0 Å². The maximum absolute atomic E-state index is 12.5. The number of carbonyl (C=O) groups is 3. The second kappa shape index (κ2) is 9.47. The molecular formula is C16H27N5O4. The summed E-state index contributed by atoms with van der Waals surface area (Å²) in [5, 5.41) is 8.17. The number of hydrogen-bond acceptors (Lipinski definition) is 6. The quantitative estimate of drug-likeness (QED) is 0.586. The van der Waals surface area contributed by atoms with Crippen LogP contribution in [-0.2, 0) is 19.1 Å². The van der Waals surface area contributed by atoms with E-state index < -0.39 is 0 Å². The van der Waals surface area contributed by atoms with Crippen LogP contribution in [0.15, 0.2) is 5.10 Å². The largest absolute Gasteiger partial charge is 0.385 e. The van der Waals surface area contributed by atoms with Crippen LogP contribution in [-0.4, -0.2) is 98.3 Å². The van der Waals surface area contributed by atoms with E-state index in [4.69, 9.17) is 4.74 Å². The van der Waals surface area contributed by atoms with Gasteiger partial charge in [0.1, 0.15) is 5.71 Å². The second-order valence-electron chi connectivity index (χ2n) is 6.23. The van der Waals surface area contributed by atoms with Gasteiger partial charge >= 0.3 is 0 Å². The number of ether oxygens (including phenoxy) is 1. The maximum Gasteiger partial charge on any atom is 0.270 e. The fourth-order valence-electron chi connectivity index (χ4n) is 2.82. The third-order valence-corrected chi connectivity index (χ3v) is 4.33. The Balaban J connectivity index is 1.72. The van der Waals surface area contributed by atoms with E-state index in [9.17, 15) is 14.4 Å². The summed E-state index contributed by atoms with van der Waals surface area (Å²) in [6, 6.07) is 0. The molecule has 9 heteroatoms. The van der Waals surface area contributed by atoms with Gasteiger partial charge in [-0.1, -0.05) is 0 Å². The Morgan fingerprint density at radius 1 is 1.20 bits per heavy atom. The summed E-state index contributed by atoms with van der Waals surface area (Å²) in [6.07, 6.45) is 1.51. The van der Waals surface area contributed by atoms with Crippen molar-refractivity contribution in [3.63, 3.8) is 0 Å². The minimum Gasteiger partial charge on any atom is -0.385 e. The fraction of sp³-hybridized carbons (Fsp3) is 0.750. The summed E-state index contributed by atoms with van der Waals surface area (Å²) in [7, 11) is 3.20. The first-order chi connectivity index (χ1) is 12.0. The molecule has 0 spiro atoms. The molecule has 1 fully saturated rings. The zero-order valence-corrected chi connectivity index (χ0v) is 15.0. The lowest BCUT2D eigenvalue weighted by Gasteiger charge is -2.35. The molecular weight excluding hydrogens is 326 g/mol. The number of carbonyl (C=O) groups excluding carboxylic acids is 3. The summed E-state index contributed by atoms with van der Waals surface area (Å²) in [4.78, 5) is 39.6. The summed E-state index contributed by atoms with van der Waals surface area (Å²) < 4.78 is 4.94. The molecule has 2 rings (SSSR count). The molecule has 2 heterocycles. The number of hydrogen-bond donors (Lipinski definition) is 1. The highest BCUT2D eigenvalue weighted by molar-refractivity contribution is 6.39. The lowest BCUT2D eigenvalue weighted by atomic mass is 10.1. The van der Waals surface area contributed by atoms with Crippen molar-refractivity contribution in [2.75, 3.05) is 60.0 Å². The van der Waals surface area contributed by atoms with Gasteiger partial charge < -0.3 is 15.0 Å². The monoisotopic (exact) mass is 353 g/mol. The van der Waals surface area contributed by atoms with E-state index in [0.717, 1.165) is 6.42 Å². The molecule has 0 aromatic carbocycles. The number of amides is 3. The van der Waals surface area contributed by atoms with E-state index in [-0.39, 0.29) is 17.7 Å². The Labute approximate surface area is 147 Å². The van der Waals surface area contributed by atoms with Gasteiger partial charge in [0.15, 0.2) is 0 Å². The molecule has 0 bridgehead atoms. The molecule has 2 aliphatic heterocycles. The Morgan fingerprint density at radius 2 is 1.92 bits per heavy atom. The smallest absolute Gasteiger partial charge is 0.270 e. The summed E-state index contributed by atoms with van der Waals surface area (Å²) in [6.45, 7) is 4.01. The topological polar surface area (TPSA) is 94.6 Å². The molecule has 0 aliphatic carbocycles.